The molecule has 1 heterocycles. The average Bonchev–Trinajstić information content (AvgIpc) is 3.08. The van der Waals surface area contributed by atoms with Crippen molar-refractivity contribution in [2.24, 2.45) is 0 Å². The van der Waals surface area contributed by atoms with Crippen LogP contribution in [0.1, 0.15) is 10.5 Å². The Balaban J connectivity index is 1.88. The van der Waals surface area contributed by atoms with Crippen LogP contribution in [0.4, 0.5) is 14.5 Å². The van der Waals surface area contributed by atoms with Gasteiger partial charge in [0.05, 0.1) is 24.7 Å². The zero-order chi connectivity index (χ0) is 18.5. The minimum atomic E-state index is -2.58. The Labute approximate surface area is 153 Å². The van der Waals surface area contributed by atoms with E-state index in [4.69, 9.17) is 4.74 Å². The van der Waals surface area contributed by atoms with E-state index in [0.717, 1.165) is 5.69 Å². The summed E-state index contributed by atoms with van der Waals surface area (Å²) in [7, 11) is 1.43. The number of rotatable bonds is 6. The smallest absolute Gasteiger partial charge is 0.288 e. The first-order chi connectivity index (χ1) is 12.6. The lowest BCUT2D eigenvalue weighted by molar-refractivity contribution is 0.101. The zero-order valence-electron chi connectivity index (χ0n) is 13.7. The molecule has 8 heteroatoms. The van der Waals surface area contributed by atoms with Gasteiger partial charge in [0.2, 0.25) is 0 Å². The number of thioether (sulfide) groups is 1. The molecule has 5 nitrogen and oxygen atoms in total. The van der Waals surface area contributed by atoms with Crippen LogP contribution >= 0.6 is 11.8 Å². The summed E-state index contributed by atoms with van der Waals surface area (Å²) in [6.45, 7) is 0. The van der Waals surface area contributed by atoms with Crippen LogP contribution in [0, 0.1) is 0 Å². The largest absolute Gasteiger partial charge is 0.493 e. The molecule has 0 spiro atoms. The van der Waals surface area contributed by atoms with Crippen LogP contribution in [0.5, 0.6) is 5.75 Å². The number of hydrogen-bond acceptors (Lipinski definition) is 4. The maximum Gasteiger partial charge on any atom is 0.288 e. The predicted octanol–water partition coefficient (Wildman–Crippen LogP) is 4.45. The number of ether oxygens (including phenoxy) is 1. The SMILES string of the molecule is COc1cn(-c2ccccc2)nc1C(=O)Nc1ccccc1SC(F)F. The van der Waals surface area contributed by atoms with Crippen molar-refractivity contribution in [3.8, 4) is 11.4 Å². The first kappa shape index (κ1) is 17.9. The Hall–Kier alpha value is -2.87. The lowest BCUT2D eigenvalue weighted by Gasteiger charge is -2.09. The number of alkyl halides is 2. The number of anilines is 1. The number of carbonyl (C=O) groups is 1. The third-order valence-corrected chi connectivity index (χ3v) is 4.28. The predicted molar refractivity (Wildman–Crippen MR) is 96.4 cm³/mol. The minimum absolute atomic E-state index is 0.0632. The molecule has 0 unspecified atom stereocenters. The van der Waals surface area contributed by atoms with Gasteiger partial charge in [0.25, 0.3) is 11.7 Å². The van der Waals surface area contributed by atoms with Crippen molar-refractivity contribution in [2.45, 2.75) is 10.7 Å². The summed E-state index contributed by atoms with van der Waals surface area (Å²) in [5, 5.41) is 6.89. The van der Waals surface area contributed by atoms with Gasteiger partial charge in [-0.25, -0.2) is 4.68 Å². The zero-order valence-corrected chi connectivity index (χ0v) is 14.5. The van der Waals surface area contributed by atoms with E-state index in [2.05, 4.69) is 10.4 Å². The van der Waals surface area contributed by atoms with Gasteiger partial charge in [-0.3, -0.25) is 4.79 Å². The monoisotopic (exact) mass is 375 g/mol. The van der Waals surface area contributed by atoms with E-state index >= 15 is 0 Å². The lowest BCUT2D eigenvalue weighted by Crippen LogP contribution is -2.14. The molecule has 1 aromatic heterocycles. The fourth-order valence-corrected chi connectivity index (χ4v) is 2.92. The molecular weight excluding hydrogens is 360 g/mol. The van der Waals surface area contributed by atoms with Gasteiger partial charge >= 0.3 is 0 Å². The molecule has 0 aliphatic carbocycles. The number of hydrogen-bond donors (Lipinski definition) is 1. The van der Waals surface area contributed by atoms with Crippen LogP contribution in [0.3, 0.4) is 0 Å². The van der Waals surface area contributed by atoms with E-state index in [1.54, 1.807) is 24.4 Å². The third-order valence-electron chi connectivity index (χ3n) is 3.49. The summed E-state index contributed by atoms with van der Waals surface area (Å²) in [4.78, 5) is 12.9. The summed E-state index contributed by atoms with van der Waals surface area (Å²) in [6.07, 6.45) is 1.59. The van der Waals surface area contributed by atoms with E-state index in [1.807, 2.05) is 30.3 Å². The van der Waals surface area contributed by atoms with Gasteiger partial charge in [-0.15, -0.1) is 0 Å². The molecule has 3 aromatic rings. The second-order valence-corrected chi connectivity index (χ2v) is 6.19. The molecule has 0 aliphatic rings. The molecule has 3 rings (SSSR count). The molecule has 0 saturated carbocycles. The number of amides is 1. The van der Waals surface area contributed by atoms with E-state index < -0.39 is 11.7 Å². The molecule has 0 atom stereocenters. The molecule has 0 saturated heterocycles. The average molecular weight is 375 g/mol. The maximum atomic E-state index is 12.7. The van der Waals surface area contributed by atoms with Crippen LogP contribution in [-0.2, 0) is 0 Å². The lowest BCUT2D eigenvalue weighted by atomic mass is 10.3. The fraction of sp³-hybridized carbons (Fsp3) is 0.111. The van der Waals surface area contributed by atoms with Crippen LogP contribution in [0.2, 0.25) is 0 Å². The van der Waals surface area contributed by atoms with Crippen LogP contribution in [0.25, 0.3) is 5.69 Å². The van der Waals surface area contributed by atoms with Gasteiger partial charge in [0.15, 0.2) is 11.4 Å². The molecule has 1 amide bonds. The number of carbonyl (C=O) groups excluding carboxylic acids is 1. The second kappa shape index (κ2) is 8.01. The van der Waals surface area contributed by atoms with Gasteiger partial charge in [-0.1, -0.05) is 42.1 Å². The van der Waals surface area contributed by atoms with Crippen LogP contribution in [0.15, 0.2) is 65.7 Å². The molecule has 1 N–H and O–H groups in total. The maximum absolute atomic E-state index is 12.7. The highest BCUT2D eigenvalue weighted by molar-refractivity contribution is 7.99. The summed E-state index contributed by atoms with van der Waals surface area (Å²) in [5.41, 5.74) is 1.12. The Bertz CT molecular complexity index is 900. The van der Waals surface area contributed by atoms with Gasteiger partial charge in [0.1, 0.15) is 0 Å². The number of benzene rings is 2. The van der Waals surface area contributed by atoms with Crippen molar-refractivity contribution in [1.29, 1.82) is 0 Å². The van der Waals surface area contributed by atoms with Gasteiger partial charge in [0, 0.05) is 4.90 Å². The number of aromatic nitrogens is 2. The number of halogens is 2. The van der Waals surface area contributed by atoms with Crippen LogP contribution in [-0.4, -0.2) is 28.6 Å². The third kappa shape index (κ3) is 4.02. The van der Waals surface area contributed by atoms with Crippen molar-refractivity contribution in [3.05, 3.63) is 66.5 Å². The quantitative estimate of drug-likeness (QED) is 0.647. The molecule has 0 bridgehead atoms. The van der Waals surface area contributed by atoms with Gasteiger partial charge in [-0.05, 0) is 24.3 Å². The minimum Gasteiger partial charge on any atom is -0.493 e. The van der Waals surface area contributed by atoms with Crippen molar-refractivity contribution >= 4 is 23.4 Å². The normalized spacial score (nSPS) is 10.8. The number of nitrogens with one attached hydrogen (secondary N) is 1. The fourth-order valence-electron chi connectivity index (χ4n) is 2.33. The Morgan fingerprint density at radius 2 is 1.85 bits per heavy atom. The highest BCUT2D eigenvalue weighted by Crippen LogP contribution is 2.32. The number of nitrogens with zero attached hydrogens (tertiary/aromatic N) is 2. The van der Waals surface area contributed by atoms with Crippen LogP contribution < -0.4 is 10.1 Å². The number of para-hydroxylation sites is 2. The summed E-state index contributed by atoms with van der Waals surface area (Å²) in [5.74, 6) is -2.84. The van der Waals surface area contributed by atoms with Gasteiger partial charge in [-0.2, -0.15) is 13.9 Å². The van der Waals surface area contributed by atoms with Gasteiger partial charge < -0.3 is 10.1 Å². The molecule has 0 fully saturated rings. The summed E-state index contributed by atoms with van der Waals surface area (Å²) >= 11 is 0.369. The molecule has 0 radical (unpaired) electrons. The topological polar surface area (TPSA) is 56.2 Å². The highest BCUT2D eigenvalue weighted by Gasteiger charge is 2.20. The number of methoxy groups -OCH3 is 1. The first-order valence-electron chi connectivity index (χ1n) is 7.62. The molecule has 0 aliphatic heterocycles. The van der Waals surface area contributed by atoms with Crippen molar-refractivity contribution in [3.63, 3.8) is 0 Å². The van der Waals surface area contributed by atoms with E-state index in [1.165, 1.54) is 17.9 Å². The standard InChI is InChI=1S/C18H15F2N3O2S/c1-25-14-11-23(12-7-3-2-4-8-12)22-16(14)17(24)21-13-9-5-6-10-15(13)26-18(19)20/h2-11,18H,1H3,(H,21,24). The molecule has 134 valence electrons. The van der Waals surface area contributed by atoms with Crippen molar-refractivity contribution < 1.29 is 18.3 Å². The van der Waals surface area contributed by atoms with E-state index in [-0.39, 0.29) is 16.3 Å². The van der Waals surface area contributed by atoms with E-state index in [0.29, 0.717) is 17.4 Å². The second-order valence-electron chi connectivity index (χ2n) is 5.15. The van der Waals surface area contributed by atoms with Crippen molar-refractivity contribution in [1.82, 2.24) is 9.78 Å². The molecule has 2 aromatic carbocycles. The summed E-state index contributed by atoms with van der Waals surface area (Å²) in [6, 6.07) is 15.6. The summed E-state index contributed by atoms with van der Waals surface area (Å²) < 4.78 is 32.1. The Morgan fingerprint density at radius 1 is 1.15 bits per heavy atom. The Kier molecular flexibility index (Phi) is 5.52. The Morgan fingerprint density at radius 3 is 2.54 bits per heavy atom. The highest BCUT2D eigenvalue weighted by atomic mass is 32.2. The van der Waals surface area contributed by atoms with Crippen molar-refractivity contribution in [2.75, 3.05) is 12.4 Å². The van der Waals surface area contributed by atoms with E-state index in [9.17, 15) is 13.6 Å². The first-order valence-corrected chi connectivity index (χ1v) is 8.50. The molecular formula is C18H15F2N3O2S. The molecule has 26 heavy (non-hydrogen) atoms.